The van der Waals surface area contributed by atoms with Crippen LogP contribution >= 0.6 is 11.3 Å². The minimum Gasteiger partial charge on any atom is -0.344 e. The van der Waals surface area contributed by atoms with Crippen LogP contribution in [0.3, 0.4) is 0 Å². The summed E-state index contributed by atoms with van der Waals surface area (Å²) in [4.78, 5) is 17.1. The number of rotatable bonds is 6. The SMILES string of the molecule is O=C(CCn1cncn1)N[C@@H](c1ccc(F)cc1)c1cccs1. The van der Waals surface area contributed by atoms with E-state index in [1.165, 1.54) is 18.5 Å². The third-order valence-electron chi connectivity index (χ3n) is 3.37. The zero-order valence-corrected chi connectivity index (χ0v) is 13.0. The second-order valence-corrected chi connectivity index (χ2v) is 5.96. The normalized spacial score (nSPS) is 12.0. The first-order valence-corrected chi connectivity index (χ1v) is 8.01. The Morgan fingerprint density at radius 1 is 1.30 bits per heavy atom. The summed E-state index contributed by atoms with van der Waals surface area (Å²) >= 11 is 1.55. The lowest BCUT2D eigenvalue weighted by molar-refractivity contribution is -0.121. The lowest BCUT2D eigenvalue weighted by Crippen LogP contribution is -2.29. The standard InChI is InChI=1S/C16H15FN4OS/c17-13-5-3-12(4-6-13)16(14-2-1-9-23-14)20-15(22)7-8-21-11-18-10-19-21/h1-6,9-11,16H,7-8H2,(H,20,22)/t16-/m0/s1. The van der Waals surface area contributed by atoms with Gasteiger partial charge in [0.25, 0.3) is 0 Å². The van der Waals surface area contributed by atoms with Gasteiger partial charge in [0.1, 0.15) is 18.5 Å². The van der Waals surface area contributed by atoms with Crippen molar-refractivity contribution in [3.8, 4) is 0 Å². The number of aryl methyl sites for hydroxylation is 1. The monoisotopic (exact) mass is 330 g/mol. The van der Waals surface area contributed by atoms with E-state index in [2.05, 4.69) is 15.4 Å². The first kappa shape index (κ1) is 15.4. The highest BCUT2D eigenvalue weighted by Gasteiger charge is 2.18. The summed E-state index contributed by atoms with van der Waals surface area (Å²) in [5.41, 5.74) is 0.850. The lowest BCUT2D eigenvalue weighted by Gasteiger charge is -2.18. The maximum Gasteiger partial charge on any atom is 0.222 e. The molecule has 3 rings (SSSR count). The van der Waals surface area contributed by atoms with E-state index in [-0.39, 0.29) is 17.8 Å². The zero-order valence-electron chi connectivity index (χ0n) is 12.2. The zero-order chi connectivity index (χ0) is 16.1. The van der Waals surface area contributed by atoms with Crippen LogP contribution in [-0.4, -0.2) is 20.7 Å². The van der Waals surface area contributed by atoms with Crippen LogP contribution in [0.15, 0.2) is 54.4 Å². The number of nitrogens with zero attached hydrogens (tertiary/aromatic N) is 3. The summed E-state index contributed by atoms with van der Waals surface area (Å²) in [6.45, 7) is 0.465. The quantitative estimate of drug-likeness (QED) is 0.756. The van der Waals surface area contributed by atoms with Crippen molar-refractivity contribution in [3.63, 3.8) is 0 Å². The number of carbonyl (C=O) groups excluding carboxylic acids is 1. The Labute approximate surface area is 136 Å². The van der Waals surface area contributed by atoms with E-state index in [4.69, 9.17) is 0 Å². The highest BCUT2D eigenvalue weighted by Crippen LogP contribution is 2.26. The van der Waals surface area contributed by atoms with Crippen LogP contribution in [0.1, 0.15) is 22.9 Å². The Balaban J connectivity index is 1.71. The third kappa shape index (κ3) is 4.01. The summed E-state index contributed by atoms with van der Waals surface area (Å²) in [5.74, 6) is -0.389. The molecule has 0 spiro atoms. The Kier molecular flexibility index (Phi) is 4.77. The van der Waals surface area contributed by atoms with Crippen molar-refractivity contribution < 1.29 is 9.18 Å². The highest BCUT2D eigenvalue weighted by molar-refractivity contribution is 7.10. The fourth-order valence-corrected chi connectivity index (χ4v) is 3.03. The van der Waals surface area contributed by atoms with Gasteiger partial charge in [-0.3, -0.25) is 9.48 Å². The van der Waals surface area contributed by atoms with Crippen molar-refractivity contribution in [3.05, 3.63) is 70.7 Å². The second-order valence-electron chi connectivity index (χ2n) is 4.98. The Bertz CT molecular complexity index is 741. The Hall–Kier alpha value is -2.54. The topological polar surface area (TPSA) is 59.8 Å². The van der Waals surface area contributed by atoms with Gasteiger partial charge in [0.2, 0.25) is 5.91 Å². The molecular formula is C16H15FN4OS. The molecule has 0 aliphatic heterocycles. The lowest BCUT2D eigenvalue weighted by atomic mass is 10.1. The molecular weight excluding hydrogens is 315 g/mol. The number of aromatic nitrogens is 3. The van der Waals surface area contributed by atoms with E-state index in [0.717, 1.165) is 10.4 Å². The summed E-state index contributed by atoms with van der Waals surface area (Å²) < 4.78 is 14.7. The summed E-state index contributed by atoms with van der Waals surface area (Å²) in [6.07, 6.45) is 3.31. The molecule has 0 radical (unpaired) electrons. The molecule has 0 fully saturated rings. The van der Waals surface area contributed by atoms with Gasteiger partial charge in [-0.1, -0.05) is 18.2 Å². The second kappa shape index (κ2) is 7.15. The van der Waals surface area contributed by atoms with E-state index in [9.17, 15) is 9.18 Å². The van der Waals surface area contributed by atoms with Crippen molar-refractivity contribution >= 4 is 17.2 Å². The largest absolute Gasteiger partial charge is 0.344 e. The first-order chi connectivity index (χ1) is 11.2. The number of nitrogens with one attached hydrogen (secondary N) is 1. The van der Waals surface area contributed by atoms with Crippen LogP contribution in [0.2, 0.25) is 0 Å². The fourth-order valence-electron chi connectivity index (χ4n) is 2.23. The number of amides is 1. The average Bonchev–Trinajstić information content (AvgIpc) is 3.25. The number of hydrogen-bond acceptors (Lipinski definition) is 4. The third-order valence-corrected chi connectivity index (χ3v) is 4.31. The molecule has 23 heavy (non-hydrogen) atoms. The van der Waals surface area contributed by atoms with Crippen molar-refractivity contribution in [1.29, 1.82) is 0 Å². The molecule has 5 nitrogen and oxygen atoms in total. The molecule has 1 aromatic carbocycles. The van der Waals surface area contributed by atoms with Gasteiger partial charge >= 0.3 is 0 Å². The molecule has 1 amide bonds. The van der Waals surface area contributed by atoms with Crippen LogP contribution in [0.5, 0.6) is 0 Å². The molecule has 0 saturated carbocycles. The fraction of sp³-hybridized carbons (Fsp3) is 0.188. The van der Waals surface area contributed by atoms with Crippen LogP contribution < -0.4 is 5.32 Å². The number of hydrogen-bond donors (Lipinski definition) is 1. The van der Waals surface area contributed by atoms with E-state index in [1.807, 2.05) is 17.5 Å². The number of carbonyl (C=O) groups is 1. The first-order valence-electron chi connectivity index (χ1n) is 7.13. The van der Waals surface area contributed by atoms with Gasteiger partial charge in [0.15, 0.2) is 0 Å². The van der Waals surface area contributed by atoms with E-state index in [0.29, 0.717) is 13.0 Å². The number of thiophene rings is 1. The minimum atomic E-state index is -0.295. The molecule has 1 N–H and O–H groups in total. The maximum absolute atomic E-state index is 13.1. The molecule has 0 unspecified atom stereocenters. The molecule has 7 heteroatoms. The van der Waals surface area contributed by atoms with Crippen molar-refractivity contribution in [2.75, 3.05) is 0 Å². The van der Waals surface area contributed by atoms with Gasteiger partial charge in [-0.25, -0.2) is 9.37 Å². The molecule has 0 aliphatic carbocycles. The molecule has 0 saturated heterocycles. The van der Waals surface area contributed by atoms with Crippen molar-refractivity contribution in [2.24, 2.45) is 0 Å². The molecule has 0 bridgehead atoms. The predicted molar refractivity (Wildman–Crippen MR) is 85.3 cm³/mol. The maximum atomic E-state index is 13.1. The Morgan fingerprint density at radius 2 is 2.13 bits per heavy atom. The molecule has 2 heterocycles. The predicted octanol–water partition coefficient (Wildman–Crippen LogP) is 2.77. The summed E-state index contributed by atoms with van der Waals surface area (Å²) in [5, 5.41) is 8.93. The number of halogens is 1. The minimum absolute atomic E-state index is 0.0942. The van der Waals surface area contributed by atoms with Gasteiger partial charge in [0.05, 0.1) is 12.6 Å². The molecule has 3 aromatic rings. The van der Waals surface area contributed by atoms with Crippen LogP contribution in [0.4, 0.5) is 4.39 Å². The van der Waals surface area contributed by atoms with Gasteiger partial charge in [-0.15, -0.1) is 11.3 Å². The van der Waals surface area contributed by atoms with Gasteiger partial charge < -0.3 is 5.32 Å². The number of benzene rings is 1. The van der Waals surface area contributed by atoms with Crippen molar-refractivity contribution in [1.82, 2.24) is 20.1 Å². The molecule has 0 aliphatic rings. The molecule has 1 atom stereocenters. The van der Waals surface area contributed by atoms with Crippen LogP contribution in [0.25, 0.3) is 0 Å². The Morgan fingerprint density at radius 3 is 2.78 bits per heavy atom. The smallest absolute Gasteiger partial charge is 0.222 e. The van der Waals surface area contributed by atoms with Crippen molar-refractivity contribution in [2.45, 2.75) is 19.0 Å². The summed E-state index contributed by atoms with van der Waals surface area (Å²) in [6, 6.07) is 9.79. The van der Waals surface area contributed by atoms with E-state index >= 15 is 0 Å². The summed E-state index contributed by atoms with van der Waals surface area (Å²) in [7, 11) is 0. The van der Waals surface area contributed by atoms with Gasteiger partial charge in [0, 0.05) is 11.3 Å². The van der Waals surface area contributed by atoms with Crippen LogP contribution in [0, 0.1) is 5.82 Å². The van der Waals surface area contributed by atoms with Gasteiger partial charge in [-0.2, -0.15) is 5.10 Å². The van der Waals surface area contributed by atoms with E-state index in [1.54, 1.807) is 34.5 Å². The van der Waals surface area contributed by atoms with E-state index < -0.39 is 0 Å². The highest BCUT2D eigenvalue weighted by atomic mass is 32.1. The molecule has 2 aromatic heterocycles. The van der Waals surface area contributed by atoms with Crippen LogP contribution in [-0.2, 0) is 11.3 Å². The average molecular weight is 330 g/mol. The molecule has 118 valence electrons. The van der Waals surface area contributed by atoms with Gasteiger partial charge in [-0.05, 0) is 29.1 Å².